The van der Waals surface area contributed by atoms with Crippen molar-refractivity contribution in [3.05, 3.63) is 85.0 Å². The van der Waals surface area contributed by atoms with Crippen LogP contribution in [-0.2, 0) is 4.79 Å². The summed E-state index contributed by atoms with van der Waals surface area (Å²) < 4.78 is 0. The Bertz CT molecular complexity index is 1660. The molecule has 0 radical (unpaired) electrons. The number of anilines is 4. The first-order chi connectivity index (χ1) is 19.7. The Balaban J connectivity index is 1.20. The molecule has 10 heteroatoms. The van der Waals surface area contributed by atoms with Gasteiger partial charge in [-0.05, 0) is 43.2 Å². The molecule has 2 aliphatic heterocycles. The maximum Gasteiger partial charge on any atom is 0.227 e. The van der Waals surface area contributed by atoms with E-state index in [9.17, 15) is 4.79 Å². The van der Waals surface area contributed by atoms with Crippen LogP contribution in [0.1, 0.15) is 24.8 Å². The van der Waals surface area contributed by atoms with Gasteiger partial charge in [-0.25, -0.2) is 0 Å². The standard InChI is InChI=1S/C30H27N9O/c40-30(18-3-1-4-18)38-21-11-20(14-32-15-21)24-12-22-25(16-36-24)33-9-10-35-28(22)26-17-37-29-23(39-26)6-8-34-27(29)19-5-2-7-31-13-19/h2,5-8,11-18,33,37,39H,1,3-4,9-10H2,(H,38,40). The lowest BCUT2D eigenvalue weighted by molar-refractivity contribution is -0.122. The normalized spacial score (nSPS) is 15.9. The highest BCUT2D eigenvalue weighted by Gasteiger charge is 2.26. The average Bonchev–Trinajstić information content (AvgIpc) is 3.18. The number of rotatable bonds is 5. The number of aliphatic imine (C=N–C) groups is 1. The van der Waals surface area contributed by atoms with E-state index in [1.165, 1.54) is 0 Å². The first kappa shape index (κ1) is 24.0. The number of pyridine rings is 4. The van der Waals surface area contributed by atoms with Crippen LogP contribution in [0.4, 0.5) is 22.7 Å². The fourth-order valence-electron chi connectivity index (χ4n) is 5.07. The van der Waals surface area contributed by atoms with Crippen molar-refractivity contribution in [1.82, 2.24) is 19.9 Å². The van der Waals surface area contributed by atoms with Gasteiger partial charge >= 0.3 is 0 Å². The molecule has 40 heavy (non-hydrogen) atoms. The molecule has 7 rings (SSSR count). The minimum absolute atomic E-state index is 0.0590. The van der Waals surface area contributed by atoms with E-state index < -0.39 is 0 Å². The molecule has 3 aliphatic rings. The second-order valence-electron chi connectivity index (χ2n) is 10.0. The van der Waals surface area contributed by atoms with Gasteiger partial charge in [-0.3, -0.25) is 29.7 Å². The molecule has 0 spiro atoms. The number of nitrogens with one attached hydrogen (secondary N) is 4. The third-order valence-corrected chi connectivity index (χ3v) is 7.41. The number of allylic oxidation sites excluding steroid dienone is 1. The van der Waals surface area contributed by atoms with Crippen molar-refractivity contribution >= 4 is 34.4 Å². The Morgan fingerprint density at radius 2 is 1.88 bits per heavy atom. The van der Waals surface area contributed by atoms with Crippen LogP contribution in [0.5, 0.6) is 0 Å². The van der Waals surface area contributed by atoms with Gasteiger partial charge in [-0.2, -0.15) is 0 Å². The largest absolute Gasteiger partial charge is 0.381 e. The van der Waals surface area contributed by atoms with E-state index in [2.05, 4.69) is 36.2 Å². The van der Waals surface area contributed by atoms with E-state index in [0.717, 1.165) is 75.8 Å². The summed E-state index contributed by atoms with van der Waals surface area (Å²) in [5.74, 6) is 0.161. The van der Waals surface area contributed by atoms with Crippen LogP contribution < -0.4 is 21.3 Å². The molecule has 4 aromatic heterocycles. The monoisotopic (exact) mass is 529 g/mol. The Morgan fingerprint density at radius 3 is 2.73 bits per heavy atom. The van der Waals surface area contributed by atoms with Crippen molar-refractivity contribution < 1.29 is 4.79 Å². The number of fused-ring (bicyclic) bond motifs is 2. The van der Waals surface area contributed by atoms with E-state index in [-0.39, 0.29) is 11.8 Å². The summed E-state index contributed by atoms with van der Waals surface area (Å²) in [5, 5.41) is 13.4. The summed E-state index contributed by atoms with van der Waals surface area (Å²) in [6, 6.07) is 9.77. The molecule has 4 N–H and O–H groups in total. The van der Waals surface area contributed by atoms with Crippen molar-refractivity contribution in [2.45, 2.75) is 19.3 Å². The third-order valence-electron chi connectivity index (χ3n) is 7.41. The molecule has 0 bridgehead atoms. The lowest BCUT2D eigenvalue weighted by Crippen LogP contribution is -2.28. The third kappa shape index (κ3) is 4.53. The van der Waals surface area contributed by atoms with Gasteiger partial charge in [0.15, 0.2) is 0 Å². The molecule has 0 unspecified atom stereocenters. The summed E-state index contributed by atoms with van der Waals surface area (Å²) in [6.07, 6.45) is 15.5. The number of carbonyl (C=O) groups is 1. The number of aromatic nitrogens is 4. The van der Waals surface area contributed by atoms with Gasteiger partial charge in [-0.15, -0.1) is 0 Å². The zero-order chi connectivity index (χ0) is 26.9. The van der Waals surface area contributed by atoms with Crippen LogP contribution >= 0.6 is 0 Å². The molecule has 6 heterocycles. The van der Waals surface area contributed by atoms with E-state index in [1.54, 1.807) is 31.0 Å². The Morgan fingerprint density at radius 1 is 0.950 bits per heavy atom. The van der Waals surface area contributed by atoms with Gasteiger partial charge < -0.3 is 21.3 Å². The minimum atomic E-state index is 0.0590. The van der Waals surface area contributed by atoms with Crippen LogP contribution in [-0.4, -0.2) is 44.6 Å². The quantitative estimate of drug-likeness (QED) is 0.286. The summed E-state index contributed by atoms with van der Waals surface area (Å²) >= 11 is 0. The molecule has 1 saturated carbocycles. The number of nitrogens with zero attached hydrogens (tertiary/aromatic N) is 5. The number of amides is 1. The van der Waals surface area contributed by atoms with Gasteiger partial charge in [0, 0.05) is 60.1 Å². The fourth-order valence-corrected chi connectivity index (χ4v) is 5.07. The summed E-state index contributed by atoms with van der Waals surface area (Å²) in [4.78, 5) is 35.3. The van der Waals surface area contributed by atoms with Gasteiger partial charge in [0.2, 0.25) is 5.91 Å². The molecule has 1 fully saturated rings. The number of hydrogen-bond acceptors (Lipinski definition) is 9. The van der Waals surface area contributed by atoms with E-state index in [0.29, 0.717) is 18.8 Å². The average molecular weight is 530 g/mol. The highest BCUT2D eigenvalue weighted by atomic mass is 16.1. The van der Waals surface area contributed by atoms with Crippen molar-refractivity contribution in [3.8, 4) is 22.5 Å². The number of hydrogen-bond donors (Lipinski definition) is 4. The van der Waals surface area contributed by atoms with E-state index >= 15 is 0 Å². The first-order valence-electron chi connectivity index (χ1n) is 13.4. The Hall–Kier alpha value is -5.12. The molecule has 0 atom stereocenters. The van der Waals surface area contributed by atoms with Crippen LogP contribution in [0.2, 0.25) is 0 Å². The number of carbonyl (C=O) groups excluding carboxylic acids is 1. The SMILES string of the molecule is O=C(Nc1cncc(-c2cc3c(cn2)NCCN=C3C2=CNc3c(ccnc3-c3cccnc3)N2)c1)C1CCC1. The van der Waals surface area contributed by atoms with E-state index in [1.807, 2.05) is 42.7 Å². The maximum atomic E-state index is 12.5. The molecule has 1 amide bonds. The topological polar surface area (TPSA) is 129 Å². The highest BCUT2D eigenvalue weighted by Crippen LogP contribution is 2.37. The van der Waals surface area contributed by atoms with Crippen LogP contribution in [0.3, 0.4) is 0 Å². The van der Waals surface area contributed by atoms with Crippen molar-refractivity contribution in [3.63, 3.8) is 0 Å². The van der Waals surface area contributed by atoms with Crippen LogP contribution in [0.15, 0.2) is 84.4 Å². The van der Waals surface area contributed by atoms with Gasteiger partial charge in [0.1, 0.15) is 0 Å². The van der Waals surface area contributed by atoms with Crippen molar-refractivity contribution in [1.29, 1.82) is 0 Å². The van der Waals surface area contributed by atoms with Crippen molar-refractivity contribution in [2.24, 2.45) is 10.9 Å². The second-order valence-corrected chi connectivity index (χ2v) is 10.0. The predicted molar refractivity (Wildman–Crippen MR) is 156 cm³/mol. The fraction of sp³-hybridized carbons (Fsp3) is 0.200. The van der Waals surface area contributed by atoms with Gasteiger partial charge in [0.05, 0.1) is 64.5 Å². The van der Waals surface area contributed by atoms with Crippen molar-refractivity contribution in [2.75, 3.05) is 34.4 Å². The zero-order valence-electron chi connectivity index (χ0n) is 21.7. The Kier molecular flexibility index (Phi) is 6.12. The predicted octanol–water partition coefficient (Wildman–Crippen LogP) is 4.93. The smallest absolute Gasteiger partial charge is 0.227 e. The zero-order valence-corrected chi connectivity index (χ0v) is 21.7. The molecular weight excluding hydrogens is 502 g/mol. The van der Waals surface area contributed by atoms with Gasteiger partial charge in [0.25, 0.3) is 0 Å². The molecule has 198 valence electrons. The summed E-state index contributed by atoms with van der Waals surface area (Å²) in [7, 11) is 0. The molecular formula is C30H27N9O. The molecule has 10 nitrogen and oxygen atoms in total. The molecule has 4 aromatic rings. The lowest BCUT2D eigenvalue weighted by atomic mass is 9.85. The minimum Gasteiger partial charge on any atom is -0.381 e. The first-order valence-corrected chi connectivity index (χ1v) is 13.4. The molecule has 0 saturated heterocycles. The highest BCUT2D eigenvalue weighted by molar-refractivity contribution is 6.18. The second kappa shape index (κ2) is 10.2. The molecule has 0 aromatic carbocycles. The molecule has 1 aliphatic carbocycles. The van der Waals surface area contributed by atoms with E-state index in [4.69, 9.17) is 9.98 Å². The maximum absolute atomic E-state index is 12.5. The Labute approximate surface area is 231 Å². The van der Waals surface area contributed by atoms with Crippen LogP contribution in [0, 0.1) is 5.92 Å². The van der Waals surface area contributed by atoms with Gasteiger partial charge in [-0.1, -0.05) is 6.42 Å². The summed E-state index contributed by atoms with van der Waals surface area (Å²) in [6.45, 7) is 1.32. The summed E-state index contributed by atoms with van der Waals surface area (Å²) in [5.41, 5.74) is 9.28. The van der Waals surface area contributed by atoms with Crippen LogP contribution in [0.25, 0.3) is 22.5 Å². The lowest BCUT2D eigenvalue weighted by Gasteiger charge is -2.24.